The van der Waals surface area contributed by atoms with Crippen molar-refractivity contribution in [1.82, 2.24) is 4.98 Å². The minimum absolute atomic E-state index is 0.0728. The minimum Gasteiger partial charge on any atom is -0.398 e. The van der Waals surface area contributed by atoms with Gasteiger partial charge >= 0.3 is 0 Å². The van der Waals surface area contributed by atoms with Crippen molar-refractivity contribution in [2.24, 2.45) is 0 Å². The third kappa shape index (κ3) is 2.67. The molecule has 1 heterocycles. The molecule has 0 saturated heterocycles. The van der Waals surface area contributed by atoms with E-state index in [9.17, 15) is 8.42 Å². The van der Waals surface area contributed by atoms with Gasteiger partial charge in [-0.25, -0.2) is 13.4 Å². The Morgan fingerprint density at radius 3 is 2.62 bits per heavy atom. The smallest absolute Gasteiger partial charge is 0.267 e. The number of para-hydroxylation sites is 1. The van der Waals surface area contributed by atoms with Gasteiger partial charge in [-0.15, -0.1) is 0 Å². The lowest BCUT2D eigenvalue weighted by Crippen LogP contribution is -2.15. The van der Waals surface area contributed by atoms with Crippen LogP contribution in [0.1, 0.15) is 0 Å². The number of thiazole rings is 1. The van der Waals surface area contributed by atoms with Crippen LogP contribution >= 0.6 is 22.9 Å². The van der Waals surface area contributed by atoms with Gasteiger partial charge in [-0.2, -0.15) is 0 Å². The molecule has 0 saturated carbocycles. The summed E-state index contributed by atoms with van der Waals surface area (Å²) in [5.41, 5.74) is 6.54. The molecule has 1 aromatic heterocycles. The molecule has 0 aliphatic heterocycles. The Morgan fingerprint density at radius 1 is 1.14 bits per heavy atom. The highest BCUT2D eigenvalue weighted by Gasteiger charge is 2.22. The minimum atomic E-state index is -3.88. The van der Waals surface area contributed by atoms with E-state index in [1.807, 2.05) is 24.3 Å². The van der Waals surface area contributed by atoms with Crippen LogP contribution in [0.5, 0.6) is 0 Å². The van der Waals surface area contributed by atoms with Crippen LogP contribution in [-0.2, 0) is 10.0 Å². The molecule has 2 aromatic carbocycles. The molecule has 3 N–H and O–H groups in total. The van der Waals surface area contributed by atoms with Gasteiger partial charge in [0.1, 0.15) is 4.90 Å². The summed E-state index contributed by atoms with van der Waals surface area (Å²) in [4.78, 5) is 4.09. The lowest BCUT2D eigenvalue weighted by Gasteiger charge is -2.09. The fourth-order valence-electron chi connectivity index (χ4n) is 1.89. The van der Waals surface area contributed by atoms with Crippen LogP contribution in [0.25, 0.3) is 10.2 Å². The zero-order valence-corrected chi connectivity index (χ0v) is 13.0. The predicted molar refractivity (Wildman–Crippen MR) is 86.3 cm³/mol. The lowest BCUT2D eigenvalue weighted by atomic mass is 10.3. The largest absolute Gasteiger partial charge is 0.398 e. The molecule has 8 heteroatoms. The van der Waals surface area contributed by atoms with Gasteiger partial charge in [-0.05, 0) is 24.3 Å². The molecular weight excluding hydrogens is 330 g/mol. The molecule has 3 rings (SSSR count). The van der Waals surface area contributed by atoms with Crippen LogP contribution in [-0.4, -0.2) is 13.4 Å². The van der Waals surface area contributed by atoms with E-state index in [0.717, 1.165) is 10.2 Å². The molecule has 0 radical (unpaired) electrons. The van der Waals surface area contributed by atoms with Gasteiger partial charge in [-0.3, -0.25) is 4.72 Å². The molecule has 0 atom stereocenters. The maximum atomic E-state index is 12.4. The number of hydrogen-bond acceptors (Lipinski definition) is 5. The van der Waals surface area contributed by atoms with Crippen molar-refractivity contribution < 1.29 is 8.42 Å². The zero-order chi connectivity index (χ0) is 15.0. The van der Waals surface area contributed by atoms with E-state index in [-0.39, 0.29) is 20.7 Å². The molecule has 0 aliphatic rings. The molecule has 0 bridgehead atoms. The van der Waals surface area contributed by atoms with Crippen molar-refractivity contribution in [2.45, 2.75) is 4.90 Å². The molecule has 3 aromatic rings. The number of halogens is 1. The number of nitrogens with two attached hydrogens (primary N) is 1. The maximum Gasteiger partial charge on any atom is 0.267 e. The number of benzene rings is 2. The molecule has 5 nitrogen and oxygen atoms in total. The first kappa shape index (κ1) is 14.1. The summed E-state index contributed by atoms with van der Waals surface area (Å²) in [5.74, 6) is 0. The number of nitrogens with one attached hydrogen (secondary N) is 1. The third-order valence-corrected chi connectivity index (χ3v) is 5.74. The van der Waals surface area contributed by atoms with Crippen molar-refractivity contribution in [2.75, 3.05) is 10.5 Å². The molecule has 0 amide bonds. The van der Waals surface area contributed by atoms with E-state index < -0.39 is 10.0 Å². The quantitative estimate of drug-likeness (QED) is 0.717. The zero-order valence-electron chi connectivity index (χ0n) is 10.6. The number of nitrogens with zero attached hydrogens (tertiary/aromatic N) is 1. The van der Waals surface area contributed by atoms with Crippen LogP contribution in [0.15, 0.2) is 47.4 Å². The Balaban J connectivity index is 2.03. The molecule has 108 valence electrons. The van der Waals surface area contributed by atoms with Crippen molar-refractivity contribution in [1.29, 1.82) is 0 Å². The molecule has 0 fully saturated rings. The average molecular weight is 340 g/mol. The standard InChI is InChI=1S/C13H10ClN3O2S2/c14-8-4-3-5-9(15)12(8)21(18,19)17-13-16-10-6-1-2-7-11(10)20-13/h1-7H,15H2,(H,16,17). The van der Waals surface area contributed by atoms with E-state index in [1.165, 1.54) is 23.5 Å². The topological polar surface area (TPSA) is 85.1 Å². The average Bonchev–Trinajstić information content (AvgIpc) is 2.79. The second-order valence-corrected chi connectivity index (χ2v) is 7.31. The highest BCUT2D eigenvalue weighted by molar-refractivity contribution is 7.93. The number of sulfonamides is 1. The van der Waals surface area contributed by atoms with Crippen LogP contribution in [0.2, 0.25) is 5.02 Å². The Morgan fingerprint density at radius 2 is 1.90 bits per heavy atom. The van der Waals surface area contributed by atoms with Crippen molar-refractivity contribution >= 4 is 54.0 Å². The van der Waals surface area contributed by atoms with Crippen LogP contribution in [0.4, 0.5) is 10.8 Å². The summed E-state index contributed by atoms with van der Waals surface area (Å²) in [7, 11) is -3.88. The Hall–Kier alpha value is -1.83. The fraction of sp³-hybridized carbons (Fsp3) is 0. The van der Waals surface area contributed by atoms with Gasteiger partial charge in [0.15, 0.2) is 5.13 Å². The summed E-state index contributed by atoms with van der Waals surface area (Å²) in [6.07, 6.45) is 0. The number of anilines is 2. The van der Waals surface area contributed by atoms with E-state index in [1.54, 1.807) is 6.07 Å². The molecule has 0 aliphatic carbocycles. The highest BCUT2D eigenvalue weighted by Crippen LogP contribution is 2.31. The summed E-state index contributed by atoms with van der Waals surface area (Å²) in [6, 6.07) is 11.9. The van der Waals surface area contributed by atoms with Crippen LogP contribution in [0, 0.1) is 0 Å². The molecule has 21 heavy (non-hydrogen) atoms. The normalized spacial score (nSPS) is 11.7. The fourth-order valence-corrected chi connectivity index (χ4v) is 4.67. The number of hydrogen-bond donors (Lipinski definition) is 2. The number of nitrogen functional groups attached to an aromatic ring is 1. The maximum absolute atomic E-state index is 12.4. The number of rotatable bonds is 3. The van der Waals surface area contributed by atoms with Gasteiger partial charge in [0, 0.05) is 0 Å². The highest BCUT2D eigenvalue weighted by atomic mass is 35.5. The van der Waals surface area contributed by atoms with Gasteiger partial charge in [0.25, 0.3) is 10.0 Å². The second kappa shape index (κ2) is 5.18. The summed E-state index contributed by atoms with van der Waals surface area (Å²) in [5, 5.41) is 0.346. The van der Waals surface area contributed by atoms with Gasteiger partial charge in [0.05, 0.1) is 20.9 Å². The second-order valence-electron chi connectivity index (χ2n) is 4.25. The monoisotopic (exact) mass is 339 g/mol. The van der Waals surface area contributed by atoms with Crippen molar-refractivity contribution in [3.63, 3.8) is 0 Å². The Labute approximate surface area is 130 Å². The third-order valence-electron chi connectivity index (χ3n) is 2.78. The van der Waals surface area contributed by atoms with Crippen molar-refractivity contribution in [3.8, 4) is 0 Å². The predicted octanol–water partition coefficient (Wildman–Crippen LogP) is 3.33. The first-order valence-electron chi connectivity index (χ1n) is 5.90. The van der Waals surface area contributed by atoms with Crippen LogP contribution < -0.4 is 10.5 Å². The number of aromatic nitrogens is 1. The first-order chi connectivity index (χ1) is 9.97. The molecule has 0 unspecified atom stereocenters. The summed E-state index contributed by atoms with van der Waals surface area (Å²) < 4.78 is 28.1. The van der Waals surface area contributed by atoms with Gasteiger partial charge in [0.2, 0.25) is 0 Å². The van der Waals surface area contributed by atoms with E-state index in [4.69, 9.17) is 17.3 Å². The van der Waals surface area contributed by atoms with Gasteiger partial charge < -0.3 is 5.73 Å². The summed E-state index contributed by atoms with van der Waals surface area (Å²) >= 11 is 7.19. The van der Waals surface area contributed by atoms with Crippen molar-refractivity contribution in [3.05, 3.63) is 47.5 Å². The molecular formula is C13H10ClN3O2S2. The van der Waals surface area contributed by atoms with E-state index in [2.05, 4.69) is 9.71 Å². The van der Waals surface area contributed by atoms with E-state index in [0.29, 0.717) is 0 Å². The van der Waals surface area contributed by atoms with E-state index >= 15 is 0 Å². The SMILES string of the molecule is Nc1cccc(Cl)c1S(=O)(=O)Nc1nc2ccccc2s1. The Kier molecular flexibility index (Phi) is 3.48. The van der Waals surface area contributed by atoms with Gasteiger partial charge in [-0.1, -0.05) is 41.1 Å². The number of fused-ring (bicyclic) bond motifs is 1. The first-order valence-corrected chi connectivity index (χ1v) is 8.57. The Bertz CT molecular complexity index is 869. The lowest BCUT2D eigenvalue weighted by molar-refractivity contribution is 0.601. The van der Waals surface area contributed by atoms with Crippen LogP contribution in [0.3, 0.4) is 0 Å². The summed E-state index contributed by atoms with van der Waals surface area (Å²) in [6.45, 7) is 0. The molecule has 0 spiro atoms.